The fourth-order valence-corrected chi connectivity index (χ4v) is 3.05. The molecule has 1 spiro atoms. The second kappa shape index (κ2) is 3.54. The highest BCUT2D eigenvalue weighted by atomic mass is 16.2. The Morgan fingerprint density at radius 3 is 3.00 bits per heavy atom. The number of carbonyl (C=O) groups excluding carboxylic acids is 1. The number of rotatable bonds is 0. The van der Waals surface area contributed by atoms with Crippen LogP contribution in [0.4, 0.5) is 0 Å². The minimum Gasteiger partial charge on any atom is -0.338 e. The van der Waals surface area contributed by atoms with Crippen LogP contribution in [0.2, 0.25) is 0 Å². The molecular weight excluding hydrogens is 236 g/mol. The zero-order chi connectivity index (χ0) is 12.9. The molecular formula is C16H12N2O. The first-order valence-corrected chi connectivity index (χ1v) is 6.32. The summed E-state index contributed by atoms with van der Waals surface area (Å²) in [6, 6.07) is 0. The molecule has 0 aromatic heterocycles. The maximum absolute atomic E-state index is 12.4. The average Bonchev–Trinajstić information content (AvgIpc) is 2.46. The van der Waals surface area contributed by atoms with Crippen LogP contribution in [0.3, 0.4) is 0 Å². The van der Waals surface area contributed by atoms with Gasteiger partial charge in [0, 0.05) is 23.6 Å². The number of carbonyl (C=O) groups is 1. The van der Waals surface area contributed by atoms with Crippen LogP contribution in [-0.2, 0) is 4.79 Å². The minimum atomic E-state index is -0.533. The second-order valence-corrected chi connectivity index (χ2v) is 4.97. The van der Waals surface area contributed by atoms with Gasteiger partial charge in [-0.25, -0.2) is 0 Å². The first-order valence-electron chi connectivity index (χ1n) is 6.32. The first-order chi connectivity index (χ1) is 9.31. The molecule has 0 saturated carbocycles. The Labute approximate surface area is 111 Å². The molecule has 2 aliphatic carbocycles. The molecule has 4 aliphatic rings. The van der Waals surface area contributed by atoms with Gasteiger partial charge in [-0.1, -0.05) is 48.6 Å². The number of nitrogens with zero attached hydrogens (tertiary/aromatic N) is 1. The van der Waals surface area contributed by atoms with Crippen LogP contribution in [-0.4, -0.2) is 17.7 Å². The molecule has 4 rings (SSSR count). The summed E-state index contributed by atoms with van der Waals surface area (Å²) in [7, 11) is 0. The Morgan fingerprint density at radius 2 is 2.05 bits per heavy atom. The lowest BCUT2D eigenvalue weighted by Gasteiger charge is -2.43. The highest BCUT2D eigenvalue weighted by Crippen LogP contribution is 2.41. The van der Waals surface area contributed by atoms with Gasteiger partial charge in [0.2, 0.25) is 5.91 Å². The van der Waals surface area contributed by atoms with Crippen molar-refractivity contribution in [2.75, 3.05) is 0 Å². The summed E-state index contributed by atoms with van der Waals surface area (Å²) in [4.78, 5) is 16.7. The highest BCUT2D eigenvalue weighted by molar-refractivity contribution is 5.99. The van der Waals surface area contributed by atoms with Crippen molar-refractivity contribution < 1.29 is 4.79 Å². The van der Waals surface area contributed by atoms with Crippen LogP contribution >= 0.6 is 0 Å². The Hall–Kier alpha value is -2.42. The minimum absolute atomic E-state index is 0.0421. The molecule has 2 heterocycles. The summed E-state index contributed by atoms with van der Waals surface area (Å²) >= 11 is 0. The fraction of sp³-hybridized carbons (Fsp3) is 0.125. The van der Waals surface area contributed by atoms with Crippen molar-refractivity contribution in [3.63, 3.8) is 0 Å². The van der Waals surface area contributed by atoms with Crippen molar-refractivity contribution in [2.45, 2.75) is 5.54 Å². The van der Waals surface area contributed by atoms with Crippen LogP contribution in [0.15, 0.2) is 76.5 Å². The van der Waals surface area contributed by atoms with Gasteiger partial charge < -0.3 is 5.32 Å². The number of hydrogen-bond acceptors (Lipinski definition) is 2. The van der Waals surface area contributed by atoms with E-state index < -0.39 is 5.54 Å². The highest BCUT2D eigenvalue weighted by Gasteiger charge is 2.45. The quantitative estimate of drug-likeness (QED) is 0.700. The first kappa shape index (κ1) is 10.5. The largest absolute Gasteiger partial charge is 0.338 e. The normalized spacial score (nSPS) is 33.6. The van der Waals surface area contributed by atoms with Crippen LogP contribution in [0.25, 0.3) is 0 Å². The predicted molar refractivity (Wildman–Crippen MR) is 74.5 cm³/mol. The van der Waals surface area contributed by atoms with Crippen LogP contribution in [0, 0.1) is 5.92 Å². The Morgan fingerprint density at radius 1 is 1.16 bits per heavy atom. The van der Waals surface area contributed by atoms with E-state index in [-0.39, 0.29) is 11.8 Å². The van der Waals surface area contributed by atoms with Crippen molar-refractivity contribution in [1.82, 2.24) is 5.32 Å². The van der Waals surface area contributed by atoms with E-state index >= 15 is 0 Å². The van der Waals surface area contributed by atoms with Gasteiger partial charge in [-0.05, 0) is 5.57 Å². The molecule has 0 aromatic carbocycles. The van der Waals surface area contributed by atoms with Gasteiger partial charge >= 0.3 is 0 Å². The summed E-state index contributed by atoms with van der Waals surface area (Å²) in [5.41, 5.74) is 2.58. The van der Waals surface area contributed by atoms with E-state index in [4.69, 9.17) is 0 Å². The maximum Gasteiger partial charge on any atom is 0.232 e. The molecule has 1 N–H and O–H groups in total. The lowest BCUT2D eigenvalue weighted by atomic mass is 9.71. The summed E-state index contributed by atoms with van der Waals surface area (Å²) in [5, 5.41) is 3.15. The molecule has 2 unspecified atom stereocenters. The van der Waals surface area contributed by atoms with E-state index in [0.717, 1.165) is 16.7 Å². The van der Waals surface area contributed by atoms with Gasteiger partial charge in [0.05, 0.1) is 5.92 Å². The van der Waals surface area contributed by atoms with Crippen LogP contribution in [0.5, 0.6) is 0 Å². The molecule has 0 bridgehead atoms. The van der Waals surface area contributed by atoms with E-state index in [1.807, 2.05) is 61.0 Å². The monoisotopic (exact) mass is 248 g/mol. The summed E-state index contributed by atoms with van der Waals surface area (Å²) < 4.78 is 0. The molecule has 0 fully saturated rings. The molecule has 2 atom stereocenters. The average molecular weight is 248 g/mol. The zero-order valence-electron chi connectivity index (χ0n) is 10.2. The van der Waals surface area contributed by atoms with Gasteiger partial charge in [0.1, 0.15) is 5.54 Å². The van der Waals surface area contributed by atoms with Crippen molar-refractivity contribution in [3.05, 3.63) is 71.5 Å². The lowest BCUT2D eigenvalue weighted by molar-refractivity contribution is -0.124. The molecule has 2 aliphatic heterocycles. The topological polar surface area (TPSA) is 41.5 Å². The van der Waals surface area contributed by atoms with E-state index in [1.165, 1.54) is 0 Å². The van der Waals surface area contributed by atoms with E-state index in [1.54, 1.807) is 0 Å². The zero-order valence-corrected chi connectivity index (χ0v) is 10.2. The van der Waals surface area contributed by atoms with Gasteiger partial charge in [-0.15, -0.1) is 0 Å². The number of amides is 1. The van der Waals surface area contributed by atoms with Gasteiger partial charge in [0.25, 0.3) is 0 Å². The van der Waals surface area contributed by atoms with E-state index in [9.17, 15) is 4.79 Å². The summed E-state index contributed by atoms with van der Waals surface area (Å²) in [6.45, 7) is 0. The fourth-order valence-electron chi connectivity index (χ4n) is 3.05. The number of fused-ring (bicyclic) bond motifs is 1. The van der Waals surface area contributed by atoms with Crippen LogP contribution in [0.1, 0.15) is 0 Å². The Balaban J connectivity index is 2.01. The van der Waals surface area contributed by atoms with Gasteiger partial charge in [0.15, 0.2) is 0 Å². The lowest BCUT2D eigenvalue weighted by Crippen LogP contribution is -2.57. The molecule has 3 nitrogen and oxygen atoms in total. The SMILES string of the molecule is O=C1NC23C=CC=CC2=CN=CC3=C2C=CC=CC12. The molecule has 0 radical (unpaired) electrons. The summed E-state index contributed by atoms with van der Waals surface area (Å²) in [5.74, 6) is -0.156. The molecule has 0 saturated heterocycles. The standard InChI is InChI=1S/C16H12N2O/c19-15-13-7-2-1-6-12(13)14-10-17-9-11-5-3-4-8-16(11,14)18-15/h1-10,13H,(H,18,19). The predicted octanol–water partition coefficient (Wildman–Crippen LogP) is 1.99. The summed E-state index contributed by atoms with van der Waals surface area (Å²) in [6.07, 6.45) is 19.5. The van der Waals surface area contributed by atoms with E-state index in [2.05, 4.69) is 10.3 Å². The van der Waals surface area contributed by atoms with Crippen molar-refractivity contribution in [2.24, 2.45) is 10.9 Å². The van der Waals surface area contributed by atoms with Crippen molar-refractivity contribution >= 4 is 12.1 Å². The number of hydrogen-bond donors (Lipinski definition) is 1. The molecule has 1 amide bonds. The molecule has 0 aromatic rings. The number of nitrogens with one attached hydrogen (secondary N) is 1. The number of allylic oxidation sites excluding steroid dienone is 5. The number of aliphatic imine (C=N–C) groups is 1. The second-order valence-electron chi connectivity index (χ2n) is 4.97. The Bertz CT molecular complexity index is 686. The maximum atomic E-state index is 12.4. The van der Waals surface area contributed by atoms with E-state index in [0.29, 0.717) is 0 Å². The van der Waals surface area contributed by atoms with Crippen molar-refractivity contribution in [3.8, 4) is 0 Å². The van der Waals surface area contributed by atoms with Gasteiger partial charge in [-0.2, -0.15) is 0 Å². The van der Waals surface area contributed by atoms with Gasteiger partial charge in [-0.3, -0.25) is 9.79 Å². The smallest absolute Gasteiger partial charge is 0.232 e. The molecule has 92 valence electrons. The third kappa shape index (κ3) is 1.27. The third-order valence-electron chi connectivity index (χ3n) is 3.97. The third-order valence-corrected chi connectivity index (χ3v) is 3.97. The van der Waals surface area contributed by atoms with Crippen LogP contribution < -0.4 is 5.32 Å². The molecule has 19 heavy (non-hydrogen) atoms. The molecule has 3 heteroatoms. The Kier molecular flexibility index (Phi) is 1.96. The van der Waals surface area contributed by atoms with Crippen molar-refractivity contribution in [1.29, 1.82) is 0 Å².